The lowest BCUT2D eigenvalue weighted by molar-refractivity contribution is 0.271. The van der Waals surface area contributed by atoms with Gasteiger partial charge in [0.25, 0.3) is 0 Å². The zero-order valence-electron chi connectivity index (χ0n) is 11.7. The van der Waals surface area contributed by atoms with Gasteiger partial charge in [-0.05, 0) is 50.1 Å². The summed E-state index contributed by atoms with van der Waals surface area (Å²) in [6, 6.07) is 5.85. The van der Waals surface area contributed by atoms with Crippen LogP contribution in [-0.2, 0) is 6.61 Å². The van der Waals surface area contributed by atoms with Gasteiger partial charge in [-0.1, -0.05) is 0 Å². The zero-order chi connectivity index (χ0) is 14.0. The minimum Gasteiger partial charge on any atom is -0.496 e. The lowest BCUT2D eigenvalue weighted by Gasteiger charge is -2.13. The molecule has 0 aliphatic heterocycles. The number of benzene rings is 1. The second-order valence-corrected chi connectivity index (χ2v) is 4.53. The van der Waals surface area contributed by atoms with Crippen LogP contribution in [0.15, 0.2) is 18.2 Å². The molecule has 1 N–H and O–H groups in total. The Labute approximate surface area is 113 Å². The highest BCUT2D eigenvalue weighted by Crippen LogP contribution is 2.30. The van der Waals surface area contributed by atoms with Gasteiger partial charge >= 0.3 is 0 Å². The van der Waals surface area contributed by atoms with Crippen LogP contribution in [0.3, 0.4) is 0 Å². The zero-order valence-corrected chi connectivity index (χ0v) is 11.7. The number of methoxy groups -OCH3 is 1. The summed E-state index contributed by atoms with van der Waals surface area (Å²) < 4.78 is 5.31. The number of nitrogens with zero attached hydrogens (tertiary/aromatic N) is 2. The van der Waals surface area contributed by atoms with E-state index in [1.165, 1.54) is 0 Å². The highest BCUT2D eigenvalue weighted by molar-refractivity contribution is 5.67. The van der Waals surface area contributed by atoms with E-state index in [1.54, 1.807) is 7.11 Å². The summed E-state index contributed by atoms with van der Waals surface area (Å²) in [5.74, 6) is 1.32. The molecule has 19 heavy (non-hydrogen) atoms. The van der Waals surface area contributed by atoms with Crippen LogP contribution in [0.4, 0.5) is 0 Å². The Hall–Kier alpha value is -1.94. The highest BCUT2D eigenvalue weighted by Gasteiger charge is 2.11. The Kier molecular flexibility index (Phi) is 3.81. The Morgan fingerprint density at radius 2 is 1.84 bits per heavy atom. The maximum atomic E-state index is 9.19. The third-order valence-electron chi connectivity index (χ3n) is 3.28. The molecule has 1 heterocycles. The third kappa shape index (κ3) is 2.58. The molecule has 1 aromatic heterocycles. The molecule has 0 spiro atoms. The maximum Gasteiger partial charge on any atom is 0.154 e. The molecule has 0 atom stereocenters. The summed E-state index contributed by atoms with van der Waals surface area (Å²) in [4.78, 5) is 8.56. The third-order valence-corrected chi connectivity index (χ3v) is 3.28. The Balaban J connectivity index is 2.59. The van der Waals surface area contributed by atoms with Crippen LogP contribution in [0.5, 0.6) is 5.75 Å². The molecule has 0 saturated carbocycles. The molecule has 0 radical (unpaired) electrons. The number of hydrogen-bond donors (Lipinski definition) is 1. The van der Waals surface area contributed by atoms with E-state index in [2.05, 4.69) is 9.97 Å². The quantitative estimate of drug-likeness (QED) is 0.919. The van der Waals surface area contributed by atoms with Crippen molar-refractivity contribution in [1.82, 2.24) is 9.97 Å². The molecule has 2 rings (SSSR count). The van der Waals surface area contributed by atoms with Crippen molar-refractivity contribution in [2.24, 2.45) is 0 Å². The first-order valence-electron chi connectivity index (χ1n) is 6.16. The molecule has 100 valence electrons. The number of ether oxygens (including phenoxy) is 1. The van der Waals surface area contributed by atoms with Gasteiger partial charge in [-0.3, -0.25) is 0 Å². The van der Waals surface area contributed by atoms with Crippen molar-refractivity contribution < 1.29 is 9.84 Å². The molecule has 4 nitrogen and oxygen atoms in total. The van der Waals surface area contributed by atoms with Crippen molar-refractivity contribution in [3.8, 4) is 17.0 Å². The second kappa shape index (κ2) is 5.36. The average molecular weight is 258 g/mol. The minimum absolute atomic E-state index is 0.150. The number of rotatable bonds is 3. The van der Waals surface area contributed by atoms with E-state index in [1.807, 2.05) is 39.0 Å². The Bertz CT molecular complexity index is 609. The van der Waals surface area contributed by atoms with Crippen LogP contribution >= 0.6 is 0 Å². The SMILES string of the molecule is COc1ccc(-c2cc(C)nc(CO)n2)c(C)c1C. The van der Waals surface area contributed by atoms with Crippen molar-refractivity contribution in [2.75, 3.05) is 7.11 Å². The molecule has 0 saturated heterocycles. The summed E-state index contributed by atoms with van der Waals surface area (Å²) >= 11 is 0. The fourth-order valence-electron chi connectivity index (χ4n) is 2.13. The lowest BCUT2D eigenvalue weighted by Crippen LogP contribution is -2.00. The summed E-state index contributed by atoms with van der Waals surface area (Å²) in [6.07, 6.45) is 0. The molecule has 1 aromatic carbocycles. The highest BCUT2D eigenvalue weighted by atomic mass is 16.5. The van der Waals surface area contributed by atoms with Crippen LogP contribution in [0.1, 0.15) is 22.6 Å². The largest absolute Gasteiger partial charge is 0.496 e. The van der Waals surface area contributed by atoms with Crippen molar-refractivity contribution in [2.45, 2.75) is 27.4 Å². The number of hydrogen-bond acceptors (Lipinski definition) is 4. The first-order valence-corrected chi connectivity index (χ1v) is 6.16. The molecule has 4 heteroatoms. The molecule has 0 fully saturated rings. The number of aliphatic hydroxyl groups excluding tert-OH is 1. The van der Waals surface area contributed by atoms with Crippen LogP contribution in [0, 0.1) is 20.8 Å². The van der Waals surface area contributed by atoms with Gasteiger partial charge in [-0.25, -0.2) is 9.97 Å². The van der Waals surface area contributed by atoms with Crippen molar-refractivity contribution >= 4 is 0 Å². The fraction of sp³-hybridized carbons (Fsp3) is 0.333. The van der Waals surface area contributed by atoms with E-state index >= 15 is 0 Å². The monoisotopic (exact) mass is 258 g/mol. The van der Waals surface area contributed by atoms with Crippen molar-refractivity contribution in [1.29, 1.82) is 0 Å². The molecule has 0 unspecified atom stereocenters. The molecule has 2 aromatic rings. The molecular formula is C15H18N2O2. The van der Waals surface area contributed by atoms with Gasteiger partial charge in [0.05, 0.1) is 12.8 Å². The number of aryl methyl sites for hydroxylation is 1. The normalized spacial score (nSPS) is 10.6. The summed E-state index contributed by atoms with van der Waals surface area (Å²) in [6.45, 7) is 5.82. The van der Waals surface area contributed by atoms with Crippen LogP contribution in [-0.4, -0.2) is 22.2 Å². The van der Waals surface area contributed by atoms with Crippen LogP contribution in [0.25, 0.3) is 11.3 Å². The topological polar surface area (TPSA) is 55.2 Å². The van der Waals surface area contributed by atoms with E-state index in [4.69, 9.17) is 4.74 Å². The maximum absolute atomic E-state index is 9.19. The predicted octanol–water partition coefficient (Wildman–Crippen LogP) is 2.57. The molecule has 0 amide bonds. The summed E-state index contributed by atoms with van der Waals surface area (Å²) in [5.41, 5.74) is 4.95. The van der Waals surface area contributed by atoms with Crippen LogP contribution < -0.4 is 4.74 Å². The second-order valence-electron chi connectivity index (χ2n) is 4.53. The molecule has 0 aliphatic rings. The van der Waals surface area contributed by atoms with Gasteiger partial charge in [-0.2, -0.15) is 0 Å². The van der Waals surface area contributed by atoms with Gasteiger partial charge in [0.15, 0.2) is 5.82 Å². The first-order chi connectivity index (χ1) is 9.06. The molecule has 0 bridgehead atoms. The van der Waals surface area contributed by atoms with Gasteiger partial charge in [-0.15, -0.1) is 0 Å². The van der Waals surface area contributed by atoms with E-state index in [9.17, 15) is 5.11 Å². The fourth-order valence-corrected chi connectivity index (χ4v) is 2.13. The lowest BCUT2D eigenvalue weighted by atomic mass is 9.99. The Morgan fingerprint density at radius 1 is 1.11 bits per heavy atom. The van der Waals surface area contributed by atoms with Gasteiger partial charge in [0.1, 0.15) is 12.4 Å². The Morgan fingerprint density at radius 3 is 2.47 bits per heavy atom. The summed E-state index contributed by atoms with van der Waals surface area (Å²) in [5, 5.41) is 9.19. The van der Waals surface area contributed by atoms with E-state index in [-0.39, 0.29) is 6.61 Å². The first kappa shape index (κ1) is 13.5. The van der Waals surface area contributed by atoms with E-state index in [0.29, 0.717) is 5.82 Å². The smallest absolute Gasteiger partial charge is 0.154 e. The standard InChI is InChI=1S/C15H18N2O2/c1-9-7-13(17-15(8-18)16-9)12-5-6-14(19-4)11(3)10(12)2/h5-7,18H,8H2,1-4H3. The van der Waals surface area contributed by atoms with Gasteiger partial charge in [0.2, 0.25) is 0 Å². The number of aliphatic hydroxyl groups is 1. The van der Waals surface area contributed by atoms with Crippen molar-refractivity contribution in [3.05, 3.63) is 40.8 Å². The number of aromatic nitrogens is 2. The molecular weight excluding hydrogens is 240 g/mol. The van der Waals surface area contributed by atoms with Gasteiger partial charge in [0, 0.05) is 11.3 Å². The van der Waals surface area contributed by atoms with Crippen LogP contribution in [0.2, 0.25) is 0 Å². The average Bonchev–Trinajstić information content (AvgIpc) is 2.41. The van der Waals surface area contributed by atoms with Crippen molar-refractivity contribution in [3.63, 3.8) is 0 Å². The van der Waals surface area contributed by atoms with E-state index in [0.717, 1.165) is 33.8 Å². The van der Waals surface area contributed by atoms with Gasteiger partial charge < -0.3 is 9.84 Å². The van der Waals surface area contributed by atoms with E-state index < -0.39 is 0 Å². The molecule has 0 aliphatic carbocycles. The summed E-state index contributed by atoms with van der Waals surface area (Å²) in [7, 11) is 1.67. The minimum atomic E-state index is -0.150. The predicted molar refractivity (Wildman–Crippen MR) is 74.2 cm³/mol.